The van der Waals surface area contributed by atoms with Crippen LogP contribution in [0.4, 0.5) is 22.7 Å². The molecule has 0 spiro atoms. The van der Waals surface area contributed by atoms with Gasteiger partial charge in [-0.3, -0.25) is 9.97 Å². The molecule has 0 atom stereocenters. The number of pyridine rings is 2. The number of hydrogen-bond donors (Lipinski definition) is 0. The Kier molecular flexibility index (Phi) is 5.54. The molecule has 4 nitrogen and oxygen atoms in total. The maximum Gasteiger partial charge on any atom is 2.00 e. The Balaban J connectivity index is 0.00000205. The van der Waals surface area contributed by atoms with E-state index in [0.717, 1.165) is 44.6 Å². The van der Waals surface area contributed by atoms with Gasteiger partial charge in [-0.15, -0.1) is 11.4 Å². The summed E-state index contributed by atoms with van der Waals surface area (Å²) in [6, 6.07) is 27.9. The van der Waals surface area contributed by atoms with Crippen LogP contribution in [0.3, 0.4) is 0 Å². The van der Waals surface area contributed by atoms with Crippen molar-refractivity contribution in [2.45, 2.75) is 0 Å². The Labute approximate surface area is 183 Å². The molecule has 0 N–H and O–H groups in total. The van der Waals surface area contributed by atoms with Gasteiger partial charge in [-0.05, 0) is 22.9 Å². The SMILES string of the molecule is [Pt+2].c1ccc([N-]c2cccc3cccnc23)c([N-]c2cccc3cccnc23)c1. The summed E-state index contributed by atoms with van der Waals surface area (Å²) in [5, 5.41) is 11.9. The molecule has 0 unspecified atom stereocenters. The zero-order chi connectivity index (χ0) is 18.8. The smallest absolute Gasteiger partial charge is 0.657 e. The molecule has 0 saturated carbocycles. The van der Waals surface area contributed by atoms with E-state index in [-0.39, 0.29) is 21.1 Å². The zero-order valence-corrected chi connectivity index (χ0v) is 17.6. The molecule has 0 radical (unpaired) electrons. The minimum atomic E-state index is 0. The van der Waals surface area contributed by atoms with Gasteiger partial charge in [0.1, 0.15) is 0 Å². The first-order chi connectivity index (χ1) is 13.9. The van der Waals surface area contributed by atoms with Crippen molar-refractivity contribution in [2.75, 3.05) is 0 Å². The Morgan fingerprint density at radius 2 is 0.862 bits per heavy atom. The number of benzene rings is 3. The molecule has 29 heavy (non-hydrogen) atoms. The molecule has 142 valence electrons. The normalized spacial score (nSPS) is 10.5. The fraction of sp³-hybridized carbons (Fsp3) is 0. The van der Waals surface area contributed by atoms with Crippen LogP contribution in [-0.2, 0) is 21.1 Å². The molecule has 3 aromatic carbocycles. The Hall–Kier alpha value is -3.23. The standard InChI is InChI=1S/C24H16N4.Pt/c1-2-12-20(28-22-14-4-8-18-10-6-16-26-24(18)22)19(11-1)27-21-13-3-7-17-9-5-15-25-23(17)21;/h1-16H;/q-2;+2. The summed E-state index contributed by atoms with van der Waals surface area (Å²) < 4.78 is 0. The van der Waals surface area contributed by atoms with E-state index in [1.807, 2.05) is 84.9 Å². The van der Waals surface area contributed by atoms with Crippen LogP contribution in [0.25, 0.3) is 32.4 Å². The molecular formula is C24H16N4Pt. The van der Waals surface area contributed by atoms with Crippen molar-refractivity contribution >= 4 is 44.6 Å². The minimum absolute atomic E-state index is 0. The third-order valence-corrected chi connectivity index (χ3v) is 4.59. The van der Waals surface area contributed by atoms with Crippen LogP contribution in [0, 0.1) is 0 Å². The quantitative estimate of drug-likeness (QED) is 0.231. The third kappa shape index (κ3) is 3.85. The molecular weight excluding hydrogens is 539 g/mol. The number of para-hydroxylation sites is 4. The van der Waals surface area contributed by atoms with Gasteiger partial charge in [-0.25, -0.2) is 0 Å². The number of aromatic nitrogens is 2. The average Bonchev–Trinajstić information content (AvgIpc) is 2.76. The Bertz CT molecular complexity index is 1180. The molecule has 5 heteroatoms. The molecule has 0 saturated heterocycles. The summed E-state index contributed by atoms with van der Waals surface area (Å²) in [6.45, 7) is 0. The molecule has 0 aliphatic rings. The molecule has 0 aliphatic heterocycles. The van der Waals surface area contributed by atoms with Gasteiger partial charge in [-0.1, -0.05) is 72.8 Å². The Morgan fingerprint density at radius 1 is 0.448 bits per heavy atom. The van der Waals surface area contributed by atoms with E-state index in [9.17, 15) is 0 Å². The van der Waals surface area contributed by atoms with Gasteiger partial charge < -0.3 is 10.6 Å². The summed E-state index contributed by atoms with van der Waals surface area (Å²) in [5.74, 6) is 0. The van der Waals surface area contributed by atoms with Gasteiger partial charge in [0.2, 0.25) is 0 Å². The van der Waals surface area contributed by atoms with Crippen molar-refractivity contribution in [3.05, 3.63) is 108 Å². The number of fused-ring (bicyclic) bond motifs is 2. The average molecular weight is 555 g/mol. The van der Waals surface area contributed by atoms with E-state index in [1.54, 1.807) is 12.4 Å². The molecule has 0 fully saturated rings. The predicted molar refractivity (Wildman–Crippen MR) is 115 cm³/mol. The zero-order valence-electron chi connectivity index (χ0n) is 15.3. The van der Waals surface area contributed by atoms with E-state index in [0.29, 0.717) is 0 Å². The second-order valence-electron chi connectivity index (χ2n) is 6.42. The van der Waals surface area contributed by atoms with Crippen molar-refractivity contribution < 1.29 is 21.1 Å². The van der Waals surface area contributed by atoms with Gasteiger partial charge in [0.15, 0.2) is 0 Å². The summed E-state index contributed by atoms with van der Waals surface area (Å²) in [4.78, 5) is 9.00. The van der Waals surface area contributed by atoms with Crippen LogP contribution >= 0.6 is 0 Å². The maximum absolute atomic E-state index is 4.87. The summed E-state index contributed by atoms with van der Waals surface area (Å²) in [7, 11) is 0. The molecule has 5 rings (SSSR count). The van der Waals surface area contributed by atoms with Crippen LogP contribution in [0.2, 0.25) is 0 Å². The van der Waals surface area contributed by atoms with Gasteiger partial charge >= 0.3 is 21.1 Å². The van der Waals surface area contributed by atoms with Crippen LogP contribution in [0.15, 0.2) is 97.3 Å². The fourth-order valence-corrected chi connectivity index (χ4v) is 3.27. The monoisotopic (exact) mass is 555 g/mol. The van der Waals surface area contributed by atoms with Gasteiger partial charge in [-0.2, -0.15) is 11.4 Å². The van der Waals surface area contributed by atoms with E-state index in [4.69, 9.17) is 10.6 Å². The van der Waals surface area contributed by atoms with E-state index in [2.05, 4.69) is 9.97 Å². The van der Waals surface area contributed by atoms with Crippen molar-refractivity contribution in [1.29, 1.82) is 0 Å². The first-order valence-corrected chi connectivity index (χ1v) is 9.08. The Morgan fingerprint density at radius 3 is 1.34 bits per heavy atom. The molecule has 0 bridgehead atoms. The second kappa shape index (κ2) is 8.42. The first kappa shape index (κ1) is 19.1. The van der Waals surface area contributed by atoms with Crippen LogP contribution < -0.4 is 0 Å². The summed E-state index contributed by atoms with van der Waals surface area (Å²) in [5.41, 5.74) is 5.02. The van der Waals surface area contributed by atoms with Gasteiger partial charge in [0, 0.05) is 12.4 Å². The third-order valence-electron chi connectivity index (χ3n) is 4.59. The van der Waals surface area contributed by atoms with E-state index in [1.165, 1.54) is 0 Å². The van der Waals surface area contributed by atoms with Gasteiger partial charge in [0.25, 0.3) is 0 Å². The summed E-state index contributed by atoms with van der Waals surface area (Å²) in [6.07, 6.45) is 3.58. The van der Waals surface area contributed by atoms with Crippen LogP contribution in [0.5, 0.6) is 0 Å². The number of nitrogens with zero attached hydrogens (tertiary/aromatic N) is 4. The van der Waals surface area contributed by atoms with Crippen LogP contribution in [0.1, 0.15) is 0 Å². The van der Waals surface area contributed by atoms with Gasteiger partial charge in [0.05, 0.1) is 11.0 Å². The molecule has 5 aromatic rings. The van der Waals surface area contributed by atoms with Crippen molar-refractivity contribution in [3.63, 3.8) is 0 Å². The largest absolute Gasteiger partial charge is 2.00 e. The van der Waals surface area contributed by atoms with Crippen molar-refractivity contribution in [3.8, 4) is 0 Å². The number of hydrogen-bond acceptors (Lipinski definition) is 2. The van der Waals surface area contributed by atoms with Crippen LogP contribution in [-0.4, -0.2) is 9.97 Å². The predicted octanol–water partition coefficient (Wildman–Crippen LogP) is 7.45. The molecule has 2 heterocycles. The number of rotatable bonds is 4. The van der Waals surface area contributed by atoms with Crippen molar-refractivity contribution in [2.24, 2.45) is 0 Å². The topological polar surface area (TPSA) is 54.0 Å². The molecule has 2 aromatic heterocycles. The first-order valence-electron chi connectivity index (χ1n) is 9.08. The fourth-order valence-electron chi connectivity index (χ4n) is 3.27. The molecule has 0 amide bonds. The van der Waals surface area contributed by atoms with Crippen molar-refractivity contribution in [1.82, 2.24) is 9.97 Å². The minimum Gasteiger partial charge on any atom is -0.657 e. The molecule has 0 aliphatic carbocycles. The second-order valence-corrected chi connectivity index (χ2v) is 6.42. The summed E-state index contributed by atoms with van der Waals surface area (Å²) >= 11 is 0. The van der Waals surface area contributed by atoms with E-state index < -0.39 is 0 Å². The van der Waals surface area contributed by atoms with E-state index >= 15 is 0 Å². The maximum atomic E-state index is 4.87.